The fraction of sp³-hybridized carbons (Fsp3) is 0.263. The van der Waals surface area contributed by atoms with Crippen LogP contribution >= 0.6 is 11.3 Å². The summed E-state index contributed by atoms with van der Waals surface area (Å²) in [5.74, 6) is -0.787. The Morgan fingerprint density at radius 2 is 2.04 bits per heavy atom. The average molecular weight is 386 g/mol. The van der Waals surface area contributed by atoms with Gasteiger partial charge in [-0.1, -0.05) is 0 Å². The number of nitrogens with one attached hydrogen (secondary N) is 1. The lowest BCUT2D eigenvalue weighted by Crippen LogP contribution is -2.13. The van der Waals surface area contributed by atoms with Gasteiger partial charge in [0.05, 0.1) is 17.1 Å². The summed E-state index contributed by atoms with van der Waals surface area (Å²) < 4.78 is 5.14. The van der Waals surface area contributed by atoms with Crippen LogP contribution in [0.25, 0.3) is 6.08 Å². The van der Waals surface area contributed by atoms with E-state index in [0.29, 0.717) is 16.1 Å². The Bertz CT molecular complexity index is 915. The molecule has 7 nitrogen and oxygen atoms in total. The average Bonchev–Trinajstić information content (AvgIpc) is 3.21. The van der Waals surface area contributed by atoms with E-state index in [1.807, 2.05) is 0 Å². The quantitative estimate of drug-likeness (QED) is 0.350. The molecule has 0 unspecified atom stereocenters. The zero-order chi connectivity index (χ0) is 19.4. The van der Waals surface area contributed by atoms with Crippen molar-refractivity contribution < 1.29 is 19.2 Å². The summed E-state index contributed by atoms with van der Waals surface area (Å²) >= 11 is 1.42. The molecule has 1 N–H and O–H groups in total. The molecule has 1 aromatic carbocycles. The molecule has 2 aromatic rings. The third-order valence-electron chi connectivity index (χ3n) is 4.17. The van der Waals surface area contributed by atoms with Gasteiger partial charge in [0.15, 0.2) is 0 Å². The molecule has 0 saturated carbocycles. The number of esters is 1. The number of hydrogen-bond donors (Lipinski definition) is 1. The normalized spacial score (nSPS) is 12.8. The molecular formula is C19H18N2O5S. The first kappa shape index (κ1) is 18.8. The molecule has 0 atom stereocenters. The summed E-state index contributed by atoms with van der Waals surface area (Å²) in [5, 5.41) is 13.9. The molecule has 1 amide bonds. The minimum Gasteiger partial charge on any atom is -0.462 e. The van der Waals surface area contributed by atoms with E-state index in [2.05, 4.69) is 5.32 Å². The number of nitrogens with zero attached hydrogens (tertiary/aromatic N) is 1. The number of ether oxygens (including phenoxy) is 1. The van der Waals surface area contributed by atoms with E-state index in [1.54, 1.807) is 25.1 Å². The SMILES string of the molecule is CCOC(=O)c1c(NC(=O)C=Cc2ccc([N+](=O)[O-])cc2)sc2c1CCC2. The van der Waals surface area contributed by atoms with E-state index in [-0.39, 0.29) is 18.2 Å². The number of thiophene rings is 1. The van der Waals surface area contributed by atoms with Gasteiger partial charge in [-0.15, -0.1) is 11.3 Å². The van der Waals surface area contributed by atoms with Gasteiger partial charge in [0.1, 0.15) is 5.00 Å². The lowest BCUT2D eigenvalue weighted by Gasteiger charge is -2.06. The van der Waals surface area contributed by atoms with Crippen LogP contribution < -0.4 is 5.32 Å². The summed E-state index contributed by atoms with van der Waals surface area (Å²) in [4.78, 5) is 35.9. The number of non-ortho nitro benzene ring substituents is 1. The summed E-state index contributed by atoms with van der Waals surface area (Å²) in [5.41, 5.74) is 2.10. The highest BCUT2D eigenvalue weighted by molar-refractivity contribution is 7.17. The number of nitro groups is 1. The van der Waals surface area contributed by atoms with Gasteiger partial charge in [-0.05, 0) is 55.5 Å². The van der Waals surface area contributed by atoms with Crippen molar-refractivity contribution in [3.63, 3.8) is 0 Å². The molecule has 0 saturated heterocycles. The largest absolute Gasteiger partial charge is 0.462 e. The molecule has 1 aromatic heterocycles. The lowest BCUT2D eigenvalue weighted by atomic mass is 10.1. The van der Waals surface area contributed by atoms with Crippen molar-refractivity contribution in [2.24, 2.45) is 0 Å². The van der Waals surface area contributed by atoms with Crippen LogP contribution in [0, 0.1) is 10.1 Å². The second-order valence-corrected chi connectivity index (χ2v) is 7.06. The first-order valence-electron chi connectivity index (χ1n) is 8.54. The van der Waals surface area contributed by atoms with Crippen molar-refractivity contribution in [2.45, 2.75) is 26.2 Å². The first-order chi connectivity index (χ1) is 13.0. The summed E-state index contributed by atoms with van der Waals surface area (Å²) in [7, 11) is 0. The Morgan fingerprint density at radius 3 is 2.70 bits per heavy atom. The third kappa shape index (κ3) is 4.22. The van der Waals surface area contributed by atoms with Crippen molar-refractivity contribution >= 4 is 40.0 Å². The van der Waals surface area contributed by atoms with E-state index in [1.165, 1.54) is 29.5 Å². The second-order valence-electron chi connectivity index (χ2n) is 5.95. The van der Waals surface area contributed by atoms with E-state index in [0.717, 1.165) is 29.7 Å². The molecule has 1 aliphatic carbocycles. The van der Waals surface area contributed by atoms with Gasteiger partial charge < -0.3 is 10.1 Å². The monoisotopic (exact) mass is 386 g/mol. The topological polar surface area (TPSA) is 98.5 Å². The Hall–Kier alpha value is -3.00. The maximum Gasteiger partial charge on any atom is 0.341 e. The molecule has 1 aliphatic rings. The maximum absolute atomic E-state index is 12.3. The number of carbonyl (C=O) groups excluding carboxylic acids is 2. The highest BCUT2D eigenvalue weighted by atomic mass is 32.1. The van der Waals surface area contributed by atoms with Crippen molar-refractivity contribution in [1.29, 1.82) is 0 Å². The number of hydrogen-bond acceptors (Lipinski definition) is 6. The molecule has 0 radical (unpaired) electrons. The van der Waals surface area contributed by atoms with Gasteiger partial charge in [0, 0.05) is 23.1 Å². The lowest BCUT2D eigenvalue weighted by molar-refractivity contribution is -0.384. The Labute approximate surface area is 159 Å². The highest BCUT2D eigenvalue weighted by Gasteiger charge is 2.27. The molecule has 27 heavy (non-hydrogen) atoms. The van der Waals surface area contributed by atoms with E-state index >= 15 is 0 Å². The molecule has 3 rings (SSSR count). The van der Waals surface area contributed by atoms with Crippen molar-refractivity contribution in [1.82, 2.24) is 0 Å². The number of amides is 1. The van der Waals surface area contributed by atoms with Gasteiger partial charge in [-0.2, -0.15) is 0 Å². The molecule has 140 valence electrons. The van der Waals surface area contributed by atoms with Crippen molar-refractivity contribution in [2.75, 3.05) is 11.9 Å². The van der Waals surface area contributed by atoms with Crippen LogP contribution in [0.2, 0.25) is 0 Å². The zero-order valence-corrected chi connectivity index (χ0v) is 15.5. The molecule has 8 heteroatoms. The van der Waals surface area contributed by atoms with Gasteiger partial charge in [-0.25, -0.2) is 4.79 Å². The Balaban J connectivity index is 1.74. The smallest absolute Gasteiger partial charge is 0.341 e. The predicted molar refractivity (Wildman–Crippen MR) is 103 cm³/mol. The number of carbonyl (C=O) groups is 2. The van der Waals surface area contributed by atoms with Gasteiger partial charge in [0.2, 0.25) is 5.91 Å². The fourth-order valence-electron chi connectivity index (χ4n) is 2.94. The van der Waals surface area contributed by atoms with Crippen LogP contribution in [0.3, 0.4) is 0 Å². The summed E-state index contributed by atoms with van der Waals surface area (Å²) in [6.07, 6.45) is 5.61. The molecule has 0 bridgehead atoms. The zero-order valence-electron chi connectivity index (χ0n) is 14.7. The van der Waals surface area contributed by atoms with Gasteiger partial charge in [0.25, 0.3) is 5.69 Å². The second kappa shape index (κ2) is 8.13. The molecule has 0 fully saturated rings. The van der Waals surface area contributed by atoms with Crippen molar-refractivity contribution in [3.05, 3.63) is 62.0 Å². The summed E-state index contributed by atoms with van der Waals surface area (Å²) in [6.45, 7) is 2.02. The highest BCUT2D eigenvalue weighted by Crippen LogP contribution is 2.39. The standard InChI is InChI=1S/C19H18N2O5S/c1-2-26-19(23)17-14-4-3-5-15(14)27-18(17)20-16(22)11-8-12-6-9-13(10-7-12)21(24)25/h6-11H,2-5H2,1H3,(H,20,22). The van der Waals surface area contributed by atoms with Gasteiger partial charge >= 0.3 is 5.97 Å². The molecule has 0 aliphatic heterocycles. The number of aryl methyl sites for hydroxylation is 1. The van der Waals surface area contributed by atoms with Crippen LogP contribution in [0.1, 0.15) is 39.7 Å². The molecule has 1 heterocycles. The molecule has 0 spiro atoms. The molecular weight excluding hydrogens is 368 g/mol. The summed E-state index contributed by atoms with van der Waals surface area (Å²) in [6, 6.07) is 5.87. The minimum atomic E-state index is -0.479. The van der Waals surface area contributed by atoms with E-state index < -0.39 is 10.9 Å². The van der Waals surface area contributed by atoms with Crippen LogP contribution in [0.4, 0.5) is 10.7 Å². The number of nitro benzene ring substituents is 1. The maximum atomic E-state index is 12.3. The number of benzene rings is 1. The number of fused-ring (bicyclic) bond motifs is 1. The number of anilines is 1. The van der Waals surface area contributed by atoms with E-state index in [4.69, 9.17) is 4.74 Å². The van der Waals surface area contributed by atoms with Crippen LogP contribution in [0.15, 0.2) is 30.3 Å². The van der Waals surface area contributed by atoms with Gasteiger partial charge in [-0.3, -0.25) is 14.9 Å². The Morgan fingerprint density at radius 1 is 1.30 bits per heavy atom. The van der Waals surface area contributed by atoms with E-state index in [9.17, 15) is 19.7 Å². The van der Waals surface area contributed by atoms with Crippen LogP contribution in [-0.2, 0) is 22.4 Å². The predicted octanol–water partition coefficient (Wildman–Crippen LogP) is 3.97. The Kier molecular flexibility index (Phi) is 5.66. The third-order valence-corrected chi connectivity index (χ3v) is 5.38. The van der Waals surface area contributed by atoms with Crippen LogP contribution in [0.5, 0.6) is 0 Å². The minimum absolute atomic E-state index is 0.0104. The first-order valence-corrected chi connectivity index (χ1v) is 9.36. The van der Waals surface area contributed by atoms with Crippen LogP contribution in [-0.4, -0.2) is 23.4 Å². The fourth-order valence-corrected chi connectivity index (χ4v) is 4.22. The van der Waals surface area contributed by atoms with Crippen molar-refractivity contribution in [3.8, 4) is 0 Å². The number of rotatable bonds is 6.